The van der Waals surface area contributed by atoms with Crippen molar-refractivity contribution in [3.8, 4) is 0 Å². The zero-order valence-corrected chi connectivity index (χ0v) is 27.5. The van der Waals surface area contributed by atoms with Gasteiger partial charge in [-0.15, -0.1) is 0 Å². The summed E-state index contributed by atoms with van der Waals surface area (Å²) in [6, 6.07) is 0.348. The van der Waals surface area contributed by atoms with Crippen LogP contribution >= 0.6 is 0 Å². The van der Waals surface area contributed by atoms with Crippen molar-refractivity contribution in [2.45, 2.75) is 103 Å². The average Bonchev–Trinajstić information content (AvgIpc) is 2.95. The van der Waals surface area contributed by atoms with Crippen molar-refractivity contribution in [3.63, 3.8) is 0 Å². The van der Waals surface area contributed by atoms with Crippen molar-refractivity contribution in [2.75, 3.05) is 6.54 Å². The first-order valence-electron chi connectivity index (χ1n) is 15.6. The molecule has 0 fully saturated rings. The van der Waals surface area contributed by atoms with Crippen molar-refractivity contribution in [1.29, 1.82) is 0 Å². The van der Waals surface area contributed by atoms with Crippen molar-refractivity contribution < 1.29 is 28.4 Å². The molecule has 14 nitrogen and oxygen atoms in total. The number of nitrogens with two attached hydrogens (primary N) is 4. The van der Waals surface area contributed by atoms with Gasteiger partial charge in [-0.05, 0) is 68.6 Å². The first kappa shape index (κ1) is 39.8. The summed E-state index contributed by atoms with van der Waals surface area (Å²) in [6.07, 6.45) is 1.79. The van der Waals surface area contributed by atoms with Gasteiger partial charge in [-0.1, -0.05) is 39.8 Å². The van der Waals surface area contributed by atoms with Crippen LogP contribution in [-0.4, -0.2) is 72.2 Å². The van der Waals surface area contributed by atoms with E-state index in [4.69, 9.17) is 22.9 Å². The predicted molar refractivity (Wildman–Crippen MR) is 174 cm³/mol. The van der Waals surface area contributed by atoms with Crippen molar-refractivity contribution in [1.82, 2.24) is 21.3 Å². The Bertz CT molecular complexity index is 1190. The number of carbonyl (C=O) groups excluding carboxylic acids is 5. The minimum atomic E-state index is -1.12. The SMILES string of the molecule is CC(C)C[C@H](NC(=O)[C@H](CC(C)C)NC(=O)[C@H](Cc1ccc(F)cc1)NC(=O)[C@H](C)N)C(=O)N[C@@H](CCCCN=C(N)N)C(N)=O. The van der Waals surface area contributed by atoms with Crippen LogP contribution in [0.4, 0.5) is 4.39 Å². The fourth-order valence-electron chi connectivity index (χ4n) is 4.55. The van der Waals surface area contributed by atoms with E-state index in [1.165, 1.54) is 31.2 Å². The molecule has 46 heavy (non-hydrogen) atoms. The van der Waals surface area contributed by atoms with E-state index in [-0.39, 0.29) is 43.5 Å². The number of guanidine groups is 1. The zero-order valence-electron chi connectivity index (χ0n) is 27.5. The largest absolute Gasteiger partial charge is 0.370 e. The van der Waals surface area contributed by atoms with E-state index >= 15 is 0 Å². The molecule has 1 aromatic rings. The summed E-state index contributed by atoms with van der Waals surface area (Å²) >= 11 is 0. The Morgan fingerprint density at radius 1 is 0.696 bits per heavy atom. The Labute approximate surface area is 270 Å². The number of nitrogens with zero attached hydrogens (tertiary/aromatic N) is 1. The third-order valence-electron chi connectivity index (χ3n) is 6.94. The molecule has 1 rings (SSSR count). The maximum atomic E-state index is 13.6. The molecule has 0 radical (unpaired) electrons. The van der Waals surface area contributed by atoms with Gasteiger partial charge in [-0.3, -0.25) is 29.0 Å². The molecule has 0 aliphatic rings. The second-order valence-corrected chi connectivity index (χ2v) is 12.3. The van der Waals surface area contributed by atoms with E-state index in [2.05, 4.69) is 26.3 Å². The van der Waals surface area contributed by atoms with Crippen LogP contribution < -0.4 is 44.2 Å². The van der Waals surface area contributed by atoms with Crippen molar-refractivity contribution in [3.05, 3.63) is 35.6 Å². The van der Waals surface area contributed by atoms with Gasteiger partial charge < -0.3 is 44.2 Å². The van der Waals surface area contributed by atoms with Gasteiger partial charge in [0.1, 0.15) is 30.0 Å². The Balaban J connectivity index is 3.13. The van der Waals surface area contributed by atoms with Gasteiger partial charge >= 0.3 is 0 Å². The van der Waals surface area contributed by atoms with Gasteiger partial charge in [0.05, 0.1) is 6.04 Å². The standard InChI is InChI=1S/C31H52FN9O5/c1-17(2)14-23(28(44)38-22(26(34)42)8-6-7-13-37-31(35)36)40-29(45)24(15-18(3)4)41-30(46)25(39-27(43)19(5)33)16-20-9-11-21(32)12-10-20/h9-12,17-19,22-25H,6-8,13-16,33H2,1-5H3,(H2,34,42)(H,38,44)(H,39,43)(H,40,45)(H,41,46)(H4,35,36,37)/t19-,22-,23-,24-,25-/m0/s1. The predicted octanol–water partition coefficient (Wildman–Crippen LogP) is -0.324. The van der Waals surface area contributed by atoms with Crippen LogP contribution in [0.5, 0.6) is 0 Å². The molecule has 0 aliphatic heterocycles. The fourth-order valence-corrected chi connectivity index (χ4v) is 4.55. The third-order valence-corrected chi connectivity index (χ3v) is 6.94. The van der Waals surface area contributed by atoms with Crippen LogP contribution in [0.15, 0.2) is 29.3 Å². The number of nitrogens with one attached hydrogen (secondary N) is 4. The molecule has 5 amide bonds. The average molecular weight is 650 g/mol. The number of aliphatic imine (C=N–C) groups is 1. The molecule has 0 bridgehead atoms. The summed E-state index contributed by atoms with van der Waals surface area (Å²) in [6.45, 7) is 9.29. The molecule has 258 valence electrons. The molecular weight excluding hydrogens is 597 g/mol. The van der Waals surface area contributed by atoms with Crippen LogP contribution in [0.1, 0.15) is 72.3 Å². The Kier molecular flexibility index (Phi) is 17.3. The van der Waals surface area contributed by atoms with Crippen LogP contribution in [-0.2, 0) is 30.4 Å². The number of hydrogen-bond acceptors (Lipinski definition) is 7. The number of primary amides is 1. The number of unbranched alkanes of at least 4 members (excludes halogenated alkanes) is 1. The molecule has 15 heteroatoms. The quantitative estimate of drug-likeness (QED) is 0.0526. The van der Waals surface area contributed by atoms with Gasteiger partial charge in [0.2, 0.25) is 29.5 Å². The fraction of sp³-hybridized carbons (Fsp3) is 0.613. The minimum Gasteiger partial charge on any atom is -0.370 e. The van der Waals surface area contributed by atoms with Gasteiger partial charge in [0.25, 0.3) is 0 Å². The number of benzene rings is 1. The van der Waals surface area contributed by atoms with Gasteiger partial charge in [-0.2, -0.15) is 0 Å². The first-order chi connectivity index (χ1) is 21.5. The second-order valence-electron chi connectivity index (χ2n) is 12.3. The Morgan fingerprint density at radius 2 is 1.15 bits per heavy atom. The molecule has 12 N–H and O–H groups in total. The summed E-state index contributed by atoms with van der Waals surface area (Å²) in [7, 11) is 0. The van der Waals surface area contributed by atoms with E-state index in [1.807, 2.05) is 27.7 Å². The minimum absolute atomic E-state index is 0.0133. The molecule has 0 aliphatic carbocycles. The number of halogens is 1. The molecular formula is C31H52FN9O5. The monoisotopic (exact) mass is 649 g/mol. The molecule has 0 heterocycles. The zero-order chi connectivity index (χ0) is 35.0. The highest BCUT2D eigenvalue weighted by Gasteiger charge is 2.32. The smallest absolute Gasteiger partial charge is 0.243 e. The van der Waals surface area contributed by atoms with Crippen molar-refractivity contribution >= 4 is 35.5 Å². The van der Waals surface area contributed by atoms with Gasteiger partial charge in [0.15, 0.2) is 5.96 Å². The van der Waals surface area contributed by atoms with E-state index < -0.39 is 65.6 Å². The topological polar surface area (TPSA) is 250 Å². The summed E-state index contributed by atoms with van der Waals surface area (Å²) in [5.41, 5.74) is 22.5. The molecule has 0 spiro atoms. The lowest BCUT2D eigenvalue weighted by Gasteiger charge is -2.28. The van der Waals surface area contributed by atoms with Gasteiger partial charge in [-0.25, -0.2) is 4.39 Å². The summed E-state index contributed by atoms with van der Waals surface area (Å²) in [4.78, 5) is 68.9. The molecule has 0 saturated heterocycles. The van der Waals surface area contributed by atoms with Gasteiger partial charge in [0, 0.05) is 13.0 Å². The van der Waals surface area contributed by atoms with E-state index in [0.717, 1.165) is 0 Å². The van der Waals surface area contributed by atoms with E-state index in [9.17, 15) is 28.4 Å². The first-order valence-corrected chi connectivity index (χ1v) is 15.6. The molecule has 0 saturated carbocycles. The maximum absolute atomic E-state index is 13.6. The Morgan fingerprint density at radius 3 is 1.59 bits per heavy atom. The lowest BCUT2D eigenvalue weighted by atomic mass is 9.98. The molecule has 0 unspecified atom stereocenters. The molecule has 0 aromatic heterocycles. The highest BCUT2D eigenvalue weighted by molar-refractivity contribution is 5.95. The van der Waals surface area contributed by atoms with Crippen LogP contribution in [0, 0.1) is 17.7 Å². The lowest BCUT2D eigenvalue weighted by molar-refractivity contribution is -0.135. The van der Waals surface area contributed by atoms with Crippen molar-refractivity contribution in [2.24, 2.45) is 39.8 Å². The number of amides is 5. The summed E-state index contributed by atoms with van der Waals surface area (Å²) in [5.74, 6) is -3.73. The van der Waals surface area contributed by atoms with Crippen LogP contribution in [0.2, 0.25) is 0 Å². The third kappa shape index (κ3) is 15.6. The normalized spacial score (nSPS) is 14.4. The highest BCUT2D eigenvalue weighted by atomic mass is 19.1. The Hall–Kier alpha value is -4.27. The van der Waals surface area contributed by atoms with Crippen LogP contribution in [0.3, 0.4) is 0 Å². The second kappa shape index (κ2) is 20.0. The lowest BCUT2D eigenvalue weighted by Crippen LogP contribution is -2.59. The maximum Gasteiger partial charge on any atom is 0.243 e. The number of rotatable bonds is 20. The summed E-state index contributed by atoms with van der Waals surface area (Å²) in [5, 5.41) is 10.7. The number of carbonyl (C=O) groups is 5. The molecule has 5 atom stereocenters. The summed E-state index contributed by atoms with van der Waals surface area (Å²) < 4.78 is 13.5. The number of hydrogen-bond donors (Lipinski definition) is 8. The van der Waals surface area contributed by atoms with Crippen LogP contribution in [0.25, 0.3) is 0 Å². The molecule has 1 aromatic carbocycles. The highest BCUT2D eigenvalue weighted by Crippen LogP contribution is 2.12. The van der Waals surface area contributed by atoms with E-state index in [0.29, 0.717) is 24.9 Å². The van der Waals surface area contributed by atoms with E-state index in [1.54, 1.807) is 0 Å².